The molecule has 0 amide bonds. The van der Waals surface area contributed by atoms with E-state index in [1.54, 1.807) is 7.11 Å². The molecule has 1 rings (SSSR count). The molecule has 1 unspecified atom stereocenters. The van der Waals surface area contributed by atoms with Crippen molar-refractivity contribution in [3.8, 4) is 0 Å². The zero-order valence-corrected chi connectivity index (χ0v) is 10.8. The van der Waals surface area contributed by atoms with Gasteiger partial charge in [0, 0.05) is 19.7 Å². The highest BCUT2D eigenvalue weighted by molar-refractivity contribution is 5.18. The average Bonchev–Trinajstić information content (AvgIpc) is 2.39. The molecule has 0 aliphatic heterocycles. The molecular formula is C14H23NO2. The van der Waals surface area contributed by atoms with E-state index in [-0.39, 0.29) is 0 Å². The van der Waals surface area contributed by atoms with Crippen molar-refractivity contribution in [2.75, 3.05) is 33.5 Å². The Morgan fingerprint density at radius 1 is 1.12 bits per heavy atom. The summed E-state index contributed by atoms with van der Waals surface area (Å²) in [4.78, 5) is 0. The van der Waals surface area contributed by atoms with E-state index in [2.05, 4.69) is 36.5 Å². The quantitative estimate of drug-likeness (QED) is 0.669. The van der Waals surface area contributed by atoms with Crippen LogP contribution in [0.15, 0.2) is 30.3 Å². The summed E-state index contributed by atoms with van der Waals surface area (Å²) in [5.74, 6) is 0. The summed E-state index contributed by atoms with van der Waals surface area (Å²) in [6, 6.07) is 10.9. The van der Waals surface area contributed by atoms with Gasteiger partial charge in [-0.15, -0.1) is 0 Å². The number of methoxy groups -OCH3 is 1. The van der Waals surface area contributed by atoms with Gasteiger partial charge in [-0.25, -0.2) is 0 Å². The van der Waals surface area contributed by atoms with Crippen molar-refractivity contribution in [1.82, 2.24) is 5.32 Å². The summed E-state index contributed by atoms with van der Waals surface area (Å²) in [6.45, 7) is 5.12. The molecule has 1 atom stereocenters. The molecular weight excluding hydrogens is 214 g/mol. The zero-order valence-electron chi connectivity index (χ0n) is 10.8. The van der Waals surface area contributed by atoms with Crippen LogP contribution in [0.4, 0.5) is 0 Å². The predicted octanol–water partition coefficient (Wildman–Crippen LogP) is 2.39. The van der Waals surface area contributed by atoms with Gasteiger partial charge in [0.2, 0.25) is 0 Å². The molecule has 0 radical (unpaired) electrons. The topological polar surface area (TPSA) is 30.5 Å². The van der Waals surface area contributed by atoms with E-state index in [1.165, 1.54) is 5.56 Å². The molecule has 1 N–H and O–H groups in total. The minimum absolute atomic E-state index is 0.419. The first-order valence-electron chi connectivity index (χ1n) is 6.23. The Balaban J connectivity index is 2.20. The minimum atomic E-state index is 0.419. The maximum Gasteiger partial charge on any atom is 0.0700 e. The maximum absolute atomic E-state index is 5.42. The first-order chi connectivity index (χ1) is 8.38. The van der Waals surface area contributed by atoms with E-state index in [0.717, 1.165) is 19.6 Å². The predicted molar refractivity (Wildman–Crippen MR) is 70.2 cm³/mol. The Morgan fingerprint density at radius 2 is 1.88 bits per heavy atom. The van der Waals surface area contributed by atoms with Crippen molar-refractivity contribution in [1.29, 1.82) is 0 Å². The van der Waals surface area contributed by atoms with Gasteiger partial charge in [-0.1, -0.05) is 37.3 Å². The van der Waals surface area contributed by atoms with E-state index >= 15 is 0 Å². The van der Waals surface area contributed by atoms with Crippen LogP contribution in [0.5, 0.6) is 0 Å². The fourth-order valence-corrected chi connectivity index (χ4v) is 1.73. The van der Waals surface area contributed by atoms with Crippen LogP contribution in [0.3, 0.4) is 0 Å². The van der Waals surface area contributed by atoms with Crippen molar-refractivity contribution < 1.29 is 9.47 Å². The highest BCUT2D eigenvalue weighted by Gasteiger charge is 2.06. The lowest BCUT2D eigenvalue weighted by Crippen LogP contribution is -2.25. The molecule has 0 bridgehead atoms. The second-order valence-corrected chi connectivity index (χ2v) is 3.93. The smallest absolute Gasteiger partial charge is 0.0700 e. The second-order valence-electron chi connectivity index (χ2n) is 3.93. The molecule has 17 heavy (non-hydrogen) atoms. The van der Waals surface area contributed by atoms with E-state index in [1.807, 2.05) is 6.07 Å². The highest BCUT2D eigenvalue weighted by atomic mass is 16.5. The Labute approximate surface area is 104 Å². The van der Waals surface area contributed by atoms with Crippen LogP contribution in [0.2, 0.25) is 0 Å². The molecule has 0 aliphatic rings. The molecule has 3 heteroatoms. The summed E-state index contributed by atoms with van der Waals surface area (Å²) in [7, 11) is 1.68. The van der Waals surface area contributed by atoms with Crippen molar-refractivity contribution >= 4 is 0 Å². The van der Waals surface area contributed by atoms with E-state index in [0.29, 0.717) is 19.3 Å². The Bertz CT molecular complexity index is 277. The molecule has 0 aliphatic carbocycles. The molecule has 0 saturated heterocycles. The molecule has 0 saturated carbocycles. The van der Waals surface area contributed by atoms with Crippen molar-refractivity contribution in [3.63, 3.8) is 0 Å². The van der Waals surface area contributed by atoms with Crippen molar-refractivity contribution in [3.05, 3.63) is 35.9 Å². The third-order valence-corrected chi connectivity index (χ3v) is 2.68. The van der Waals surface area contributed by atoms with Gasteiger partial charge >= 0.3 is 0 Å². The Morgan fingerprint density at radius 3 is 2.53 bits per heavy atom. The number of hydrogen-bond acceptors (Lipinski definition) is 3. The van der Waals surface area contributed by atoms with Gasteiger partial charge in [0.25, 0.3) is 0 Å². The number of ether oxygens (including phenoxy) is 2. The van der Waals surface area contributed by atoms with Gasteiger partial charge in [0.15, 0.2) is 0 Å². The first kappa shape index (κ1) is 14.2. The average molecular weight is 237 g/mol. The number of hydrogen-bond donors (Lipinski definition) is 1. The third-order valence-electron chi connectivity index (χ3n) is 2.68. The van der Waals surface area contributed by atoms with E-state index in [4.69, 9.17) is 9.47 Å². The summed E-state index contributed by atoms with van der Waals surface area (Å²) >= 11 is 0. The van der Waals surface area contributed by atoms with Gasteiger partial charge in [-0.05, 0) is 12.0 Å². The van der Waals surface area contributed by atoms with Crippen LogP contribution in [0.1, 0.15) is 24.9 Å². The Kier molecular flexibility index (Phi) is 7.63. The molecule has 0 fully saturated rings. The Hall–Kier alpha value is -0.900. The summed E-state index contributed by atoms with van der Waals surface area (Å²) < 4.78 is 10.3. The fraction of sp³-hybridized carbons (Fsp3) is 0.571. The fourth-order valence-electron chi connectivity index (χ4n) is 1.73. The van der Waals surface area contributed by atoms with Crippen molar-refractivity contribution in [2.24, 2.45) is 0 Å². The number of benzene rings is 1. The van der Waals surface area contributed by atoms with Gasteiger partial charge in [0.1, 0.15) is 0 Å². The standard InChI is InChI=1S/C14H23NO2/c1-3-14(13-7-5-4-6-8-13)15-9-10-17-12-11-16-2/h4-8,14-15H,3,9-12H2,1-2H3. The molecule has 1 aromatic rings. The van der Waals surface area contributed by atoms with Crippen LogP contribution >= 0.6 is 0 Å². The van der Waals surface area contributed by atoms with E-state index in [9.17, 15) is 0 Å². The van der Waals surface area contributed by atoms with Crippen LogP contribution in [0.25, 0.3) is 0 Å². The maximum atomic E-state index is 5.42. The monoisotopic (exact) mass is 237 g/mol. The second kappa shape index (κ2) is 9.16. The number of nitrogens with one attached hydrogen (secondary N) is 1. The normalized spacial score (nSPS) is 12.6. The molecule has 0 aromatic heterocycles. The van der Waals surface area contributed by atoms with Crippen LogP contribution in [0, 0.1) is 0 Å². The highest BCUT2D eigenvalue weighted by Crippen LogP contribution is 2.15. The van der Waals surface area contributed by atoms with Gasteiger partial charge in [-0.3, -0.25) is 0 Å². The van der Waals surface area contributed by atoms with Crippen molar-refractivity contribution in [2.45, 2.75) is 19.4 Å². The molecule has 0 spiro atoms. The number of rotatable bonds is 9. The molecule has 0 heterocycles. The lowest BCUT2D eigenvalue weighted by Gasteiger charge is -2.17. The van der Waals surface area contributed by atoms with Gasteiger partial charge in [-0.2, -0.15) is 0 Å². The van der Waals surface area contributed by atoms with Crippen LogP contribution in [-0.4, -0.2) is 33.5 Å². The van der Waals surface area contributed by atoms with Gasteiger partial charge < -0.3 is 14.8 Å². The first-order valence-corrected chi connectivity index (χ1v) is 6.23. The largest absolute Gasteiger partial charge is 0.382 e. The van der Waals surface area contributed by atoms with E-state index < -0.39 is 0 Å². The SMILES string of the molecule is CCC(NCCOCCOC)c1ccccc1. The molecule has 96 valence electrons. The minimum Gasteiger partial charge on any atom is -0.382 e. The molecule has 3 nitrogen and oxygen atoms in total. The lowest BCUT2D eigenvalue weighted by atomic mass is 10.1. The van der Waals surface area contributed by atoms with Crippen LogP contribution in [-0.2, 0) is 9.47 Å². The molecule has 1 aromatic carbocycles. The summed E-state index contributed by atoms with van der Waals surface area (Å²) in [5.41, 5.74) is 1.34. The van der Waals surface area contributed by atoms with Gasteiger partial charge in [0.05, 0.1) is 19.8 Å². The van der Waals surface area contributed by atoms with Crippen LogP contribution < -0.4 is 5.32 Å². The summed E-state index contributed by atoms with van der Waals surface area (Å²) in [5, 5.41) is 3.50. The summed E-state index contributed by atoms with van der Waals surface area (Å²) in [6.07, 6.45) is 1.09. The zero-order chi connectivity index (χ0) is 12.3. The lowest BCUT2D eigenvalue weighted by molar-refractivity contribution is 0.0710. The third kappa shape index (κ3) is 5.82.